The molecular formula is C14H12N2O5. The molecule has 0 spiro atoms. The Morgan fingerprint density at radius 2 is 2.00 bits per heavy atom. The molecule has 0 bridgehead atoms. The van der Waals surface area contributed by atoms with Gasteiger partial charge in [-0.05, 0) is 37.1 Å². The van der Waals surface area contributed by atoms with E-state index in [1.807, 2.05) is 13.0 Å². The highest BCUT2D eigenvalue weighted by atomic mass is 16.6. The largest absolute Gasteiger partial charge is 0.477 e. The van der Waals surface area contributed by atoms with Crippen molar-refractivity contribution in [3.63, 3.8) is 0 Å². The van der Waals surface area contributed by atoms with Crippen molar-refractivity contribution >= 4 is 11.7 Å². The molecule has 7 nitrogen and oxygen atoms in total. The topological polar surface area (TPSA) is 103 Å². The lowest BCUT2D eigenvalue weighted by atomic mass is 10.1. The van der Waals surface area contributed by atoms with Gasteiger partial charge in [-0.3, -0.25) is 10.1 Å². The summed E-state index contributed by atoms with van der Waals surface area (Å²) in [5, 5.41) is 19.9. The number of aromatic nitrogens is 1. The van der Waals surface area contributed by atoms with Gasteiger partial charge in [-0.2, -0.15) is 4.98 Å². The molecule has 0 radical (unpaired) electrons. The number of carboxylic acid groups (broad SMARTS) is 1. The molecule has 0 atom stereocenters. The Labute approximate surface area is 120 Å². The van der Waals surface area contributed by atoms with Crippen molar-refractivity contribution < 1.29 is 19.6 Å². The molecule has 0 aliphatic carbocycles. The molecule has 1 N–H and O–H groups in total. The molecule has 0 aliphatic rings. The first kappa shape index (κ1) is 14.4. The van der Waals surface area contributed by atoms with Gasteiger partial charge >= 0.3 is 11.7 Å². The van der Waals surface area contributed by atoms with Crippen LogP contribution in [0.3, 0.4) is 0 Å². The Balaban J connectivity index is 2.51. The van der Waals surface area contributed by atoms with Gasteiger partial charge < -0.3 is 9.84 Å². The molecule has 1 heterocycles. The number of nitro groups is 1. The quantitative estimate of drug-likeness (QED) is 0.685. The SMILES string of the molecule is Cc1cccc(Oc2nc(C(=O)O)ccc2[N+](=O)[O-])c1C. The summed E-state index contributed by atoms with van der Waals surface area (Å²) in [4.78, 5) is 24.9. The maximum atomic E-state index is 11.0. The smallest absolute Gasteiger partial charge is 0.354 e. The fourth-order valence-electron chi connectivity index (χ4n) is 1.71. The summed E-state index contributed by atoms with van der Waals surface area (Å²) in [6.07, 6.45) is 0. The second-order valence-electron chi connectivity index (χ2n) is 4.38. The Kier molecular flexibility index (Phi) is 3.84. The molecule has 0 saturated carbocycles. The van der Waals surface area contributed by atoms with E-state index in [9.17, 15) is 14.9 Å². The van der Waals surface area contributed by atoms with E-state index in [0.717, 1.165) is 23.3 Å². The van der Waals surface area contributed by atoms with E-state index in [2.05, 4.69) is 4.98 Å². The number of carbonyl (C=O) groups is 1. The van der Waals surface area contributed by atoms with Crippen LogP contribution in [0.15, 0.2) is 30.3 Å². The fourth-order valence-corrected chi connectivity index (χ4v) is 1.71. The first-order chi connectivity index (χ1) is 9.90. The van der Waals surface area contributed by atoms with Crippen molar-refractivity contribution in [1.82, 2.24) is 4.98 Å². The summed E-state index contributed by atoms with van der Waals surface area (Å²) >= 11 is 0. The lowest BCUT2D eigenvalue weighted by Crippen LogP contribution is -2.04. The van der Waals surface area contributed by atoms with E-state index in [1.54, 1.807) is 19.1 Å². The number of hydrogen-bond donors (Lipinski definition) is 1. The van der Waals surface area contributed by atoms with E-state index in [1.165, 1.54) is 0 Å². The molecule has 0 amide bonds. The highest BCUT2D eigenvalue weighted by molar-refractivity contribution is 5.85. The zero-order chi connectivity index (χ0) is 15.6. The fraction of sp³-hybridized carbons (Fsp3) is 0.143. The van der Waals surface area contributed by atoms with Crippen molar-refractivity contribution in [3.8, 4) is 11.6 Å². The molecule has 0 fully saturated rings. The van der Waals surface area contributed by atoms with Gasteiger partial charge in [-0.25, -0.2) is 4.79 Å². The molecule has 21 heavy (non-hydrogen) atoms. The minimum absolute atomic E-state index is 0.319. The van der Waals surface area contributed by atoms with Crippen LogP contribution < -0.4 is 4.74 Å². The van der Waals surface area contributed by atoms with Crippen LogP contribution in [0.2, 0.25) is 0 Å². The lowest BCUT2D eigenvalue weighted by Gasteiger charge is -2.10. The predicted octanol–water partition coefficient (Wildman–Crippen LogP) is 3.10. The van der Waals surface area contributed by atoms with Crippen molar-refractivity contribution in [2.45, 2.75) is 13.8 Å². The highest BCUT2D eigenvalue weighted by Crippen LogP contribution is 2.32. The summed E-state index contributed by atoms with van der Waals surface area (Å²) in [5.74, 6) is -1.22. The van der Waals surface area contributed by atoms with E-state index >= 15 is 0 Å². The summed E-state index contributed by atoms with van der Waals surface area (Å²) in [6, 6.07) is 7.39. The maximum absolute atomic E-state index is 11.0. The normalized spacial score (nSPS) is 10.2. The molecule has 1 aromatic heterocycles. The number of hydrogen-bond acceptors (Lipinski definition) is 5. The number of carboxylic acids is 1. The average molecular weight is 288 g/mol. The third kappa shape index (κ3) is 2.97. The van der Waals surface area contributed by atoms with Crippen LogP contribution in [0, 0.1) is 24.0 Å². The van der Waals surface area contributed by atoms with Crippen molar-refractivity contribution in [1.29, 1.82) is 0 Å². The summed E-state index contributed by atoms with van der Waals surface area (Å²) in [5.41, 5.74) is 1.04. The monoisotopic (exact) mass is 288 g/mol. The summed E-state index contributed by atoms with van der Waals surface area (Å²) in [7, 11) is 0. The zero-order valence-corrected chi connectivity index (χ0v) is 11.4. The van der Waals surface area contributed by atoms with Crippen molar-refractivity contribution in [2.24, 2.45) is 0 Å². The Morgan fingerprint density at radius 3 is 2.62 bits per heavy atom. The number of pyridine rings is 1. The van der Waals surface area contributed by atoms with Gasteiger partial charge in [0.25, 0.3) is 5.88 Å². The van der Waals surface area contributed by atoms with Gasteiger partial charge in [0.15, 0.2) is 5.69 Å². The molecule has 108 valence electrons. The van der Waals surface area contributed by atoms with Gasteiger partial charge in [-0.15, -0.1) is 0 Å². The third-order valence-electron chi connectivity index (χ3n) is 3.02. The van der Waals surface area contributed by atoms with E-state index in [0.29, 0.717) is 5.75 Å². The number of aromatic carboxylic acids is 1. The van der Waals surface area contributed by atoms with Crippen molar-refractivity contribution in [2.75, 3.05) is 0 Å². The molecule has 2 rings (SSSR count). The second kappa shape index (κ2) is 5.58. The summed E-state index contributed by atoms with van der Waals surface area (Å²) in [6.45, 7) is 3.68. The van der Waals surface area contributed by atoms with Crippen LogP contribution in [0.4, 0.5) is 5.69 Å². The predicted molar refractivity (Wildman–Crippen MR) is 73.8 cm³/mol. The van der Waals surface area contributed by atoms with E-state index in [4.69, 9.17) is 9.84 Å². The molecule has 7 heteroatoms. The molecule has 1 aromatic carbocycles. The van der Waals surface area contributed by atoms with Crippen LogP contribution in [-0.2, 0) is 0 Å². The van der Waals surface area contributed by atoms with Crippen LogP contribution in [0.25, 0.3) is 0 Å². The number of ether oxygens (including phenoxy) is 1. The van der Waals surface area contributed by atoms with Gasteiger partial charge in [0, 0.05) is 6.07 Å². The Hall–Kier alpha value is -2.96. The summed E-state index contributed by atoms with van der Waals surface area (Å²) < 4.78 is 5.46. The molecular weight excluding hydrogens is 276 g/mol. The number of aryl methyl sites for hydroxylation is 1. The average Bonchev–Trinajstić information content (AvgIpc) is 2.43. The second-order valence-corrected chi connectivity index (χ2v) is 4.38. The van der Waals surface area contributed by atoms with Crippen LogP contribution in [0.1, 0.15) is 21.6 Å². The minimum Gasteiger partial charge on any atom is -0.477 e. The number of benzene rings is 1. The van der Waals surface area contributed by atoms with Gasteiger partial charge in [-0.1, -0.05) is 12.1 Å². The van der Waals surface area contributed by atoms with Crippen LogP contribution in [-0.4, -0.2) is 21.0 Å². The third-order valence-corrected chi connectivity index (χ3v) is 3.02. The van der Waals surface area contributed by atoms with E-state index in [-0.39, 0.29) is 17.3 Å². The Bertz CT molecular complexity index is 727. The van der Waals surface area contributed by atoms with Gasteiger partial charge in [0.1, 0.15) is 5.75 Å². The maximum Gasteiger partial charge on any atom is 0.354 e. The first-order valence-corrected chi connectivity index (χ1v) is 6.03. The first-order valence-electron chi connectivity index (χ1n) is 6.03. The van der Waals surface area contributed by atoms with E-state index < -0.39 is 10.9 Å². The Morgan fingerprint density at radius 1 is 1.29 bits per heavy atom. The molecule has 0 unspecified atom stereocenters. The molecule has 0 saturated heterocycles. The van der Waals surface area contributed by atoms with Crippen molar-refractivity contribution in [3.05, 3.63) is 57.3 Å². The highest BCUT2D eigenvalue weighted by Gasteiger charge is 2.21. The number of nitrogens with zero attached hydrogens (tertiary/aromatic N) is 2. The standard InChI is InChI=1S/C14H12N2O5/c1-8-4-3-5-12(9(8)2)21-13-11(16(19)20)7-6-10(15-13)14(17)18/h3-7H,1-2H3,(H,17,18). The molecule has 0 aliphatic heterocycles. The lowest BCUT2D eigenvalue weighted by molar-refractivity contribution is -0.386. The van der Waals surface area contributed by atoms with Crippen LogP contribution >= 0.6 is 0 Å². The van der Waals surface area contributed by atoms with Gasteiger partial charge in [0.2, 0.25) is 0 Å². The minimum atomic E-state index is -1.28. The zero-order valence-electron chi connectivity index (χ0n) is 11.4. The van der Waals surface area contributed by atoms with Crippen LogP contribution in [0.5, 0.6) is 11.6 Å². The number of rotatable bonds is 4. The van der Waals surface area contributed by atoms with Gasteiger partial charge in [0.05, 0.1) is 4.92 Å². The molecule has 2 aromatic rings.